The van der Waals surface area contributed by atoms with Crippen LogP contribution in [0.15, 0.2) is 22.6 Å². The van der Waals surface area contributed by atoms with Crippen LogP contribution in [0, 0.1) is 19.3 Å². The third-order valence-corrected chi connectivity index (χ3v) is 4.00. The summed E-state index contributed by atoms with van der Waals surface area (Å²) in [6.07, 6.45) is 0.0698. The Kier molecular flexibility index (Phi) is 4.61. The van der Waals surface area contributed by atoms with E-state index in [1.165, 1.54) is 0 Å². The summed E-state index contributed by atoms with van der Waals surface area (Å²) in [7, 11) is 0. The molecule has 1 amide bonds. The van der Waals surface area contributed by atoms with Gasteiger partial charge in [-0.2, -0.15) is 0 Å². The van der Waals surface area contributed by atoms with Crippen LogP contribution in [0.25, 0.3) is 11.0 Å². The quantitative estimate of drug-likeness (QED) is 0.907. The van der Waals surface area contributed by atoms with Crippen molar-refractivity contribution in [2.75, 3.05) is 6.54 Å². The number of benzene rings is 1. The maximum Gasteiger partial charge on any atom is 0.287 e. The standard InChI is InChI=1S/C18H25NO3/c1-11-6-7-14-13(10-11)12(2)16(22-14)17(21)19-9-8-15(20)18(3,4)5/h6-7,10,15,20H,8-9H2,1-5H3,(H,19,21)/t15-/m0/s1. The van der Waals surface area contributed by atoms with Gasteiger partial charge in [0.15, 0.2) is 5.76 Å². The molecule has 1 aromatic heterocycles. The Hall–Kier alpha value is -1.81. The molecule has 0 unspecified atom stereocenters. The number of rotatable bonds is 4. The van der Waals surface area contributed by atoms with Crippen molar-refractivity contribution in [2.45, 2.75) is 47.1 Å². The summed E-state index contributed by atoms with van der Waals surface area (Å²) in [6.45, 7) is 10.3. The van der Waals surface area contributed by atoms with Crippen molar-refractivity contribution in [1.82, 2.24) is 5.32 Å². The van der Waals surface area contributed by atoms with Gasteiger partial charge in [-0.1, -0.05) is 32.4 Å². The van der Waals surface area contributed by atoms with Crippen molar-refractivity contribution < 1.29 is 14.3 Å². The number of aliphatic hydroxyl groups excluding tert-OH is 1. The Morgan fingerprint density at radius 3 is 2.64 bits per heavy atom. The third kappa shape index (κ3) is 3.50. The van der Waals surface area contributed by atoms with Gasteiger partial charge in [0.1, 0.15) is 5.58 Å². The van der Waals surface area contributed by atoms with Crippen LogP contribution < -0.4 is 5.32 Å². The van der Waals surface area contributed by atoms with E-state index in [4.69, 9.17) is 4.42 Å². The Bertz CT molecular complexity index is 679. The molecule has 0 spiro atoms. The minimum atomic E-state index is -0.452. The monoisotopic (exact) mass is 303 g/mol. The largest absolute Gasteiger partial charge is 0.451 e. The second kappa shape index (κ2) is 6.13. The first-order valence-electron chi connectivity index (χ1n) is 7.66. The zero-order valence-corrected chi connectivity index (χ0v) is 14.0. The van der Waals surface area contributed by atoms with Crippen LogP contribution >= 0.6 is 0 Å². The maximum absolute atomic E-state index is 12.3. The second-order valence-electron chi connectivity index (χ2n) is 6.98. The van der Waals surface area contributed by atoms with Gasteiger partial charge >= 0.3 is 0 Å². The zero-order chi connectivity index (χ0) is 16.5. The highest BCUT2D eigenvalue weighted by molar-refractivity contribution is 5.99. The fourth-order valence-electron chi connectivity index (χ4n) is 2.39. The Morgan fingerprint density at radius 2 is 2.00 bits per heavy atom. The van der Waals surface area contributed by atoms with Gasteiger partial charge in [0, 0.05) is 17.5 Å². The van der Waals surface area contributed by atoms with Gasteiger partial charge in [0.25, 0.3) is 5.91 Å². The second-order valence-corrected chi connectivity index (χ2v) is 6.98. The number of amides is 1. The van der Waals surface area contributed by atoms with E-state index < -0.39 is 6.10 Å². The number of aliphatic hydroxyl groups is 1. The van der Waals surface area contributed by atoms with Crippen molar-refractivity contribution in [3.05, 3.63) is 35.1 Å². The number of furan rings is 1. The molecule has 120 valence electrons. The first-order valence-corrected chi connectivity index (χ1v) is 7.66. The average Bonchev–Trinajstić information content (AvgIpc) is 2.75. The topological polar surface area (TPSA) is 62.5 Å². The highest BCUT2D eigenvalue weighted by atomic mass is 16.3. The van der Waals surface area contributed by atoms with Crippen molar-refractivity contribution in [1.29, 1.82) is 0 Å². The van der Waals surface area contributed by atoms with Crippen LogP contribution in [0.1, 0.15) is 48.9 Å². The number of hydrogen-bond acceptors (Lipinski definition) is 3. The van der Waals surface area contributed by atoms with Crippen molar-refractivity contribution in [3.8, 4) is 0 Å². The molecule has 0 radical (unpaired) electrons. The number of nitrogens with one attached hydrogen (secondary N) is 1. The summed E-state index contributed by atoms with van der Waals surface area (Å²) in [5.41, 5.74) is 2.53. The number of fused-ring (bicyclic) bond motifs is 1. The maximum atomic E-state index is 12.3. The first-order chi connectivity index (χ1) is 10.2. The molecule has 1 aromatic carbocycles. The first kappa shape index (κ1) is 16.6. The van der Waals surface area contributed by atoms with Gasteiger partial charge in [-0.05, 0) is 37.8 Å². The van der Waals surface area contributed by atoms with E-state index in [9.17, 15) is 9.90 Å². The predicted molar refractivity (Wildman–Crippen MR) is 88.1 cm³/mol. The molecular formula is C18H25NO3. The van der Waals surface area contributed by atoms with Crippen LogP contribution in [0.3, 0.4) is 0 Å². The molecular weight excluding hydrogens is 278 g/mol. The molecule has 0 bridgehead atoms. The summed E-state index contributed by atoms with van der Waals surface area (Å²) in [5, 5.41) is 13.8. The molecule has 0 fully saturated rings. The SMILES string of the molecule is Cc1ccc2oc(C(=O)NCC[C@H](O)C(C)(C)C)c(C)c2c1. The lowest BCUT2D eigenvalue weighted by atomic mass is 9.87. The van der Waals surface area contributed by atoms with Gasteiger partial charge in [-0.3, -0.25) is 4.79 Å². The predicted octanol–water partition coefficient (Wildman–Crippen LogP) is 3.58. The molecule has 0 saturated heterocycles. The summed E-state index contributed by atoms with van der Waals surface area (Å²) >= 11 is 0. The van der Waals surface area contributed by atoms with Gasteiger partial charge in [-0.25, -0.2) is 0 Å². The van der Waals surface area contributed by atoms with Gasteiger partial charge in [0.2, 0.25) is 0 Å². The fourth-order valence-corrected chi connectivity index (χ4v) is 2.39. The minimum absolute atomic E-state index is 0.183. The van der Waals surface area contributed by atoms with Crippen molar-refractivity contribution in [2.24, 2.45) is 5.41 Å². The molecule has 4 nitrogen and oxygen atoms in total. The van der Waals surface area contributed by atoms with E-state index in [1.807, 2.05) is 52.8 Å². The van der Waals surface area contributed by atoms with Gasteiger partial charge in [0.05, 0.1) is 6.10 Å². The van der Waals surface area contributed by atoms with E-state index in [1.54, 1.807) is 0 Å². The molecule has 2 aromatic rings. The summed E-state index contributed by atoms with van der Waals surface area (Å²) < 4.78 is 5.67. The molecule has 0 aliphatic carbocycles. The molecule has 0 saturated carbocycles. The van der Waals surface area contributed by atoms with Gasteiger partial charge in [-0.15, -0.1) is 0 Å². The lowest BCUT2D eigenvalue weighted by molar-refractivity contribution is 0.0549. The molecule has 4 heteroatoms. The molecule has 22 heavy (non-hydrogen) atoms. The van der Waals surface area contributed by atoms with E-state index in [2.05, 4.69) is 5.32 Å². The van der Waals surface area contributed by atoms with E-state index in [0.29, 0.717) is 18.7 Å². The fraction of sp³-hybridized carbons (Fsp3) is 0.500. The smallest absolute Gasteiger partial charge is 0.287 e. The lowest BCUT2D eigenvalue weighted by Gasteiger charge is -2.25. The molecule has 2 N–H and O–H groups in total. The van der Waals surface area contributed by atoms with E-state index in [-0.39, 0.29) is 11.3 Å². The molecule has 0 aliphatic heterocycles. The van der Waals surface area contributed by atoms with Crippen LogP contribution in [0.5, 0.6) is 0 Å². The van der Waals surface area contributed by atoms with E-state index in [0.717, 1.165) is 22.1 Å². The average molecular weight is 303 g/mol. The van der Waals surface area contributed by atoms with Crippen molar-refractivity contribution in [3.63, 3.8) is 0 Å². The van der Waals surface area contributed by atoms with Crippen molar-refractivity contribution >= 4 is 16.9 Å². The van der Waals surface area contributed by atoms with Crippen LogP contribution in [-0.4, -0.2) is 23.7 Å². The summed E-state index contributed by atoms with van der Waals surface area (Å²) in [6, 6.07) is 5.87. The number of carbonyl (C=O) groups is 1. The Labute approximate surface area is 131 Å². The molecule has 0 aliphatic rings. The molecule has 2 rings (SSSR count). The lowest BCUT2D eigenvalue weighted by Crippen LogP contribution is -2.32. The highest BCUT2D eigenvalue weighted by Crippen LogP contribution is 2.26. The zero-order valence-electron chi connectivity index (χ0n) is 14.0. The van der Waals surface area contributed by atoms with Gasteiger partial charge < -0.3 is 14.8 Å². The molecule has 1 atom stereocenters. The Balaban J connectivity index is 2.06. The summed E-state index contributed by atoms with van der Waals surface area (Å²) in [4.78, 5) is 12.3. The van der Waals surface area contributed by atoms with Crippen LogP contribution in [-0.2, 0) is 0 Å². The van der Waals surface area contributed by atoms with E-state index >= 15 is 0 Å². The number of hydrogen-bond donors (Lipinski definition) is 2. The minimum Gasteiger partial charge on any atom is -0.451 e. The number of carbonyl (C=O) groups excluding carboxylic acids is 1. The third-order valence-electron chi connectivity index (χ3n) is 4.00. The normalized spacial score (nSPS) is 13.4. The summed E-state index contributed by atoms with van der Waals surface area (Å²) in [5.74, 6) is 0.123. The Morgan fingerprint density at radius 1 is 1.32 bits per heavy atom. The van der Waals surface area contributed by atoms with Crippen LogP contribution in [0.4, 0.5) is 0 Å². The number of aryl methyl sites for hydroxylation is 2. The molecule has 1 heterocycles. The highest BCUT2D eigenvalue weighted by Gasteiger charge is 2.22. The van der Waals surface area contributed by atoms with Crippen LogP contribution in [0.2, 0.25) is 0 Å².